The van der Waals surface area contributed by atoms with Crippen molar-refractivity contribution in [1.82, 2.24) is 16.0 Å². The normalized spacial score (nSPS) is 15.7. The van der Waals surface area contributed by atoms with Crippen LogP contribution in [0.1, 0.15) is 13.8 Å². The lowest BCUT2D eigenvalue weighted by Crippen LogP contribution is -2.37. The number of nitrogens with one attached hydrogen (secondary N) is 3. The van der Waals surface area contributed by atoms with Gasteiger partial charge in [-0.2, -0.15) is 0 Å². The summed E-state index contributed by atoms with van der Waals surface area (Å²) in [6.07, 6.45) is 20.2. The second kappa shape index (κ2) is 17.4. The molecule has 1 aliphatic rings. The number of hydrogen-bond acceptors (Lipinski definition) is 6. The van der Waals surface area contributed by atoms with Gasteiger partial charge in [-0.1, -0.05) is 43.0 Å². The summed E-state index contributed by atoms with van der Waals surface area (Å²) in [6.45, 7) is 9.06. The molecule has 0 saturated heterocycles. The van der Waals surface area contributed by atoms with Crippen molar-refractivity contribution in [3.05, 3.63) is 96.1 Å². The Labute approximate surface area is 201 Å². The number of carbonyl (C=O) groups is 1. The van der Waals surface area contributed by atoms with Gasteiger partial charge in [0.05, 0.1) is 13.7 Å². The zero-order valence-electron chi connectivity index (χ0n) is 19.4. The number of ether oxygens (including phenoxy) is 3. The maximum atomic E-state index is 12.6. The minimum absolute atomic E-state index is 0.118. The first-order chi connectivity index (χ1) is 16.0. The van der Waals surface area contributed by atoms with E-state index in [-0.39, 0.29) is 31.0 Å². The van der Waals surface area contributed by atoms with Gasteiger partial charge < -0.3 is 24.8 Å². The first-order valence-electron chi connectivity index (χ1n) is 10.4. The summed E-state index contributed by atoms with van der Waals surface area (Å²) >= 11 is 5.24. The predicted octanol–water partition coefficient (Wildman–Crippen LogP) is 3.69. The zero-order valence-corrected chi connectivity index (χ0v) is 20.2. The third-order valence-electron chi connectivity index (χ3n) is 4.00. The SMILES string of the molecule is C=C(/C=C\C=C/C)CNC(/C=C/NC(=S)NC(=O)C1=CCOCOCC(OC)=C1)=C/C=C\C. The molecule has 0 unspecified atom stereocenters. The molecular formula is C25H33N3O4S. The predicted molar refractivity (Wildman–Crippen MR) is 137 cm³/mol. The van der Waals surface area contributed by atoms with Crippen LogP contribution >= 0.6 is 12.2 Å². The average Bonchev–Trinajstić information content (AvgIpc) is 2.92. The topological polar surface area (TPSA) is 80.9 Å². The molecule has 0 fully saturated rings. The summed E-state index contributed by atoms with van der Waals surface area (Å²) in [4.78, 5) is 12.6. The fourth-order valence-electron chi connectivity index (χ4n) is 2.32. The van der Waals surface area contributed by atoms with Gasteiger partial charge in [-0.25, -0.2) is 0 Å². The van der Waals surface area contributed by atoms with Crippen LogP contribution in [0.5, 0.6) is 0 Å². The highest BCUT2D eigenvalue weighted by Crippen LogP contribution is 2.07. The molecule has 178 valence electrons. The number of carbonyl (C=O) groups excluding carboxylic acids is 1. The molecule has 8 heteroatoms. The Morgan fingerprint density at radius 2 is 2.00 bits per heavy atom. The maximum Gasteiger partial charge on any atom is 0.257 e. The van der Waals surface area contributed by atoms with Crippen LogP contribution < -0.4 is 16.0 Å². The van der Waals surface area contributed by atoms with Crippen LogP contribution in [-0.4, -0.2) is 44.7 Å². The van der Waals surface area contributed by atoms with Gasteiger partial charge in [0.25, 0.3) is 5.91 Å². The second-order valence-corrected chi connectivity index (χ2v) is 7.03. The van der Waals surface area contributed by atoms with E-state index >= 15 is 0 Å². The van der Waals surface area contributed by atoms with E-state index in [1.54, 1.807) is 18.4 Å². The van der Waals surface area contributed by atoms with Gasteiger partial charge in [0.15, 0.2) is 5.11 Å². The van der Waals surface area contributed by atoms with Gasteiger partial charge in [0.2, 0.25) is 0 Å². The zero-order chi connectivity index (χ0) is 24.3. The molecule has 0 bridgehead atoms. The Morgan fingerprint density at radius 1 is 1.21 bits per heavy atom. The molecule has 1 amide bonds. The van der Waals surface area contributed by atoms with Crippen molar-refractivity contribution < 1.29 is 19.0 Å². The van der Waals surface area contributed by atoms with E-state index in [4.69, 9.17) is 26.4 Å². The van der Waals surface area contributed by atoms with Gasteiger partial charge in [0, 0.05) is 24.0 Å². The fraction of sp³-hybridized carbons (Fsp3) is 0.280. The molecule has 0 aromatic rings. The largest absolute Gasteiger partial charge is 0.499 e. The van der Waals surface area contributed by atoms with E-state index in [2.05, 4.69) is 22.5 Å². The summed E-state index contributed by atoms with van der Waals surface area (Å²) in [5.41, 5.74) is 2.15. The monoisotopic (exact) mass is 471 g/mol. The molecule has 33 heavy (non-hydrogen) atoms. The fourth-order valence-corrected chi connectivity index (χ4v) is 2.48. The third kappa shape index (κ3) is 13.1. The van der Waals surface area contributed by atoms with E-state index in [1.165, 1.54) is 7.11 Å². The molecule has 0 spiro atoms. The van der Waals surface area contributed by atoms with Crippen molar-refractivity contribution in [2.45, 2.75) is 13.8 Å². The number of amides is 1. The van der Waals surface area contributed by atoms with E-state index in [0.29, 0.717) is 17.9 Å². The number of allylic oxidation sites excluding steroid dienone is 7. The summed E-state index contributed by atoms with van der Waals surface area (Å²) in [6, 6.07) is 0. The Balaban J connectivity index is 2.68. The summed E-state index contributed by atoms with van der Waals surface area (Å²) in [7, 11) is 1.52. The summed E-state index contributed by atoms with van der Waals surface area (Å²) in [5, 5.41) is 8.99. The molecule has 7 nitrogen and oxygen atoms in total. The van der Waals surface area contributed by atoms with Crippen molar-refractivity contribution in [2.24, 2.45) is 0 Å². The Hall–Kier alpha value is -3.20. The molecule has 1 aliphatic heterocycles. The van der Waals surface area contributed by atoms with Crippen LogP contribution in [0.25, 0.3) is 0 Å². The summed E-state index contributed by atoms with van der Waals surface area (Å²) < 4.78 is 15.8. The molecule has 3 N–H and O–H groups in total. The number of methoxy groups -OCH3 is 1. The third-order valence-corrected chi connectivity index (χ3v) is 4.22. The molecule has 1 rings (SSSR count). The Kier molecular flexibility index (Phi) is 14.6. The Bertz CT molecular complexity index is 880. The molecule has 0 atom stereocenters. The van der Waals surface area contributed by atoms with E-state index in [9.17, 15) is 4.79 Å². The molecule has 0 aromatic heterocycles. The van der Waals surface area contributed by atoms with Crippen LogP contribution in [0, 0.1) is 0 Å². The van der Waals surface area contributed by atoms with Crippen molar-refractivity contribution in [1.29, 1.82) is 0 Å². The minimum Gasteiger partial charge on any atom is -0.499 e. The maximum absolute atomic E-state index is 12.6. The second-order valence-electron chi connectivity index (χ2n) is 6.62. The van der Waals surface area contributed by atoms with Crippen LogP contribution in [-0.2, 0) is 19.0 Å². The van der Waals surface area contributed by atoms with Crippen LogP contribution in [0.2, 0.25) is 0 Å². The number of rotatable bonds is 10. The quantitative estimate of drug-likeness (QED) is 0.331. The first-order valence-corrected chi connectivity index (χ1v) is 10.8. The highest BCUT2D eigenvalue weighted by Gasteiger charge is 2.12. The molecule has 0 radical (unpaired) electrons. The summed E-state index contributed by atoms with van der Waals surface area (Å²) in [5.74, 6) is 0.126. The highest BCUT2D eigenvalue weighted by molar-refractivity contribution is 7.80. The Morgan fingerprint density at radius 3 is 2.73 bits per heavy atom. The van der Waals surface area contributed by atoms with Gasteiger partial charge in [-0.05, 0) is 55.9 Å². The first kappa shape index (κ1) is 27.8. The van der Waals surface area contributed by atoms with Crippen LogP contribution in [0.3, 0.4) is 0 Å². The lowest BCUT2D eigenvalue weighted by molar-refractivity contribution is -0.115. The molecule has 0 aliphatic carbocycles. The smallest absolute Gasteiger partial charge is 0.257 e. The number of hydrogen-bond donors (Lipinski definition) is 3. The van der Waals surface area contributed by atoms with E-state index < -0.39 is 0 Å². The van der Waals surface area contributed by atoms with Crippen molar-refractivity contribution >= 4 is 23.2 Å². The lowest BCUT2D eigenvalue weighted by Gasteiger charge is -2.10. The molecule has 1 heterocycles. The number of thiocarbonyl (C=S) groups is 1. The minimum atomic E-state index is -0.382. The van der Waals surface area contributed by atoms with Crippen molar-refractivity contribution in [3.8, 4) is 0 Å². The van der Waals surface area contributed by atoms with Crippen molar-refractivity contribution in [2.75, 3.05) is 33.7 Å². The van der Waals surface area contributed by atoms with Gasteiger partial charge in [-0.3, -0.25) is 10.1 Å². The van der Waals surface area contributed by atoms with Crippen molar-refractivity contribution in [3.63, 3.8) is 0 Å². The highest BCUT2D eigenvalue weighted by atomic mass is 32.1. The molecular weight excluding hydrogens is 438 g/mol. The van der Waals surface area contributed by atoms with E-state index in [0.717, 1.165) is 11.3 Å². The van der Waals surface area contributed by atoms with Gasteiger partial charge in [0.1, 0.15) is 19.2 Å². The van der Waals surface area contributed by atoms with Crippen LogP contribution in [0.15, 0.2) is 96.1 Å². The molecule has 0 aromatic carbocycles. The van der Waals surface area contributed by atoms with Gasteiger partial charge in [-0.15, -0.1) is 0 Å². The standard InChI is InChI=1S/C25H33N3O4S/c1-5-7-9-10-20(3)17-27-22(11-8-6-2)12-14-26-25(33)28-24(29)21-13-15-31-19-32-18-23(16-21)30-4/h5-14,16,27H,3,15,17-19H2,1-2,4H3,(H2,26,28,29,33)/b7-5-,8-6-,10-9-,14-12+,21-13?,22-11+,23-16?. The molecule has 0 saturated carbocycles. The van der Waals surface area contributed by atoms with Gasteiger partial charge >= 0.3 is 0 Å². The lowest BCUT2D eigenvalue weighted by atomic mass is 10.2. The van der Waals surface area contributed by atoms with Crippen LogP contribution in [0.4, 0.5) is 0 Å². The van der Waals surface area contributed by atoms with E-state index in [1.807, 2.05) is 62.5 Å². The average molecular weight is 472 g/mol.